The minimum atomic E-state index is -0.694. The minimum absolute atomic E-state index is 0.171. The molecule has 0 aliphatic carbocycles. The minimum Gasteiger partial charge on any atom is -0.494 e. The van der Waals surface area contributed by atoms with Gasteiger partial charge in [-0.15, -0.1) is 0 Å². The van der Waals surface area contributed by atoms with Crippen LogP contribution < -0.4 is 15.5 Å². The summed E-state index contributed by atoms with van der Waals surface area (Å²) >= 11 is 0. The molecule has 174 valence electrons. The Hall–Kier alpha value is -4.01. The van der Waals surface area contributed by atoms with E-state index in [0.717, 1.165) is 41.8 Å². The Morgan fingerprint density at radius 3 is 2.29 bits per heavy atom. The van der Waals surface area contributed by atoms with Crippen LogP contribution in [0.3, 0.4) is 0 Å². The van der Waals surface area contributed by atoms with Gasteiger partial charge < -0.3 is 15.2 Å². The van der Waals surface area contributed by atoms with Gasteiger partial charge in [0.2, 0.25) is 0 Å². The second-order valence-corrected chi connectivity index (χ2v) is 7.71. The zero-order chi connectivity index (χ0) is 23.9. The molecule has 0 aliphatic heterocycles. The molecule has 2 heterocycles. The fourth-order valence-corrected chi connectivity index (χ4v) is 3.84. The average molecular weight is 459 g/mol. The number of hydrogen-bond donors (Lipinski definition) is 4. The molecule has 8 nitrogen and oxygen atoms in total. The molecule has 4 aromatic rings. The number of hydrogen-bond acceptors (Lipinski definition) is 7. The van der Waals surface area contributed by atoms with Crippen LogP contribution >= 0.6 is 0 Å². The topological polar surface area (TPSA) is 117 Å². The number of rotatable bonds is 9. The number of amides is 1. The third-order valence-electron chi connectivity index (χ3n) is 5.57. The second-order valence-electron chi connectivity index (χ2n) is 7.71. The van der Waals surface area contributed by atoms with E-state index in [1.165, 1.54) is 13.3 Å². The van der Waals surface area contributed by atoms with E-state index < -0.39 is 5.91 Å². The summed E-state index contributed by atoms with van der Waals surface area (Å²) in [7, 11) is 1.46. The summed E-state index contributed by atoms with van der Waals surface area (Å²) in [6.45, 7) is 1.03. The number of aromatic nitrogens is 2. The molecule has 0 spiro atoms. The van der Waals surface area contributed by atoms with E-state index in [1.807, 2.05) is 36.4 Å². The fourth-order valence-electron chi connectivity index (χ4n) is 3.84. The van der Waals surface area contributed by atoms with E-state index in [-0.39, 0.29) is 17.9 Å². The molecule has 0 saturated heterocycles. The number of methoxy groups -OCH3 is 1. The first-order chi connectivity index (χ1) is 16.7. The molecule has 0 atom stereocenters. The van der Waals surface area contributed by atoms with Crippen LogP contribution in [0.25, 0.3) is 33.3 Å². The van der Waals surface area contributed by atoms with E-state index in [1.54, 1.807) is 17.7 Å². The molecule has 0 aliphatic rings. The van der Waals surface area contributed by atoms with Gasteiger partial charge in [0.05, 0.1) is 18.2 Å². The predicted octanol–water partition coefficient (Wildman–Crippen LogP) is 4.28. The first kappa shape index (κ1) is 23.2. The molecule has 0 bridgehead atoms. The Morgan fingerprint density at radius 1 is 0.971 bits per heavy atom. The lowest BCUT2D eigenvalue weighted by Crippen LogP contribution is -2.20. The Morgan fingerprint density at radius 2 is 1.65 bits per heavy atom. The highest BCUT2D eigenvalue weighted by molar-refractivity contribution is 6.09. The summed E-state index contributed by atoms with van der Waals surface area (Å²) in [5.41, 5.74) is 6.83. The van der Waals surface area contributed by atoms with E-state index in [9.17, 15) is 10.0 Å². The fraction of sp³-hybridized carbons (Fsp3) is 0.192. The molecular formula is C26H26N4O4. The molecule has 2 aromatic heterocycles. The van der Waals surface area contributed by atoms with Crippen LogP contribution in [-0.2, 0) is 0 Å². The van der Waals surface area contributed by atoms with Crippen LogP contribution in [-0.4, -0.2) is 46.5 Å². The molecule has 8 heteroatoms. The maximum Gasteiger partial charge on any atom is 0.279 e. The Kier molecular flexibility index (Phi) is 7.31. The van der Waals surface area contributed by atoms with Gasteiger partial charge in [-0.2, -0.15) is 0 Å². The Bertz CT molecular complexity index is 1270. The molecule has 4 N–H and O–H groups in total. The number of anilines is 1. The summed E-state index contributed by atoms with van der Waals surface area (Å²) in [6.07, 6.45) is 4.83. The molecular weight excluding hydrogens is 432 g/mol. The highest BCUT2D eigenvalue weighted by Crippen LogP contribution is 2.36. The molecule has 0 fully saturated rings. The largest absolute Gasteiger partial charge is 0.494 e. The number of nitrogens with zero attached hydrogens (tertiary/aromatic N) is 2. The number of nitrogens with one attached hydrogen (secondary N) is 2. The Labute approximate surface area is 197 Å². The first-order valence-electron chi connectivity index (χ1n) is 11.0. The van der Waals surface area contributed by atoms with Crippen molar-refractivity contribution in [1.29, 1.82) is 0 Å². The summed E-state index contributed by atoms with van der Waals surface area (Å²) < 4.78 is 5.55. The maximum absolute atomic E-state index is 12.4. The van der Waals surface area contributed by atoms with Crippen molar-refractivity contribution < 1.29 is 19.8 Å². The summed E-state index contributed by atoms with van der Waals surface area (Å²) in [4.78, 5) is 21.2. The van der Waals surface area contributed by atoms with E-state index in [0.29, 0.717) is 16.6 Å². The number of hydroxylamine groups is 1. The van der Waals surface area contributed by atoms with Crippen LogP contribution in [0.1, 0.15) is 23.2 Å². The molecule has 1 amide bonds. The maximum atomic E-state index is 12.4. The third-order valence-corrected chi connectivity index (χ3v) is 5.57. The number of fused-ring (bicyclic) bond motifs is 1. The third kappa shape index (κ3) is 4.83. The lowest BCUT2D eigenvalue weighted by molar-refractivity contribution is 0.0705. The lowest BCUT2D eigenvalue weighted by atomic mass is 9.99. The average Bonchev–Trinajstić information content (AvgIpc) is 2.90. The lowest BCUT2D eigenvalue weighted by Gasteiger charge is -2.15. The van der Waals surface area contributed by atoms with Gasteiger partial charge in [0.15, 0.2) is 5.75 Å². The van der Waals surface area contributed by atoms with Crippen LogP contribution in [0.4, 0.5) is 5.69 Å². The van der Waals surface area contributed by atoms with Gasteiger partial charge in [-0.3, -0.25) is 15.0 Å². The molecule has 34 heavy (non-hydrogen) atoms. The second kappa shape index (κ2) is 10.7. The van der Waals surface area contributed by atoms with E-state index in [4.69, 9.17) is 14.8 Å². The van der Waals surface area contributed by atoms with Crippen molar-refractivity contribution in [1.82, 2.24) is 15.4 Å². The number of unbranched alkanes of at least 4 members (excludes halogenated alkanes) is 1. The zero-order valence-electron chi connectivity index (χ0n) is 18.8. The predicted molar refractivity (Wildman–Crippen MR) is 131 cm³/mol. The van der Waals surface area contributed by atoms with Crippen LogP contribution in [0.15, 0.2) is 67.0 Å². The summed E-state index contributed by atoms with van der Waals surface area (Å²) in [5, 5.41) is 22.0. The number of aliphatic hydroxyl groups excluding tert-OH is 1. The monoisotopic (exact) mass is 458 g/mol. The van der Waals surface area contributed by atoms with Gasteiger partial charge >= 0.3 is 0 Å². The highest BCUT2D eigenvalue weighted by atomic mass is 16.5. The normalized spacial score (nSPS) is 10.8. The molecule has 2 aromatic carbocycles. The van der Waals surface area contributed by atoms with Crippen molar-refractivity contribution in [3.8, 4) is 28.1 Å². The van der Waals surface area contributed by atoms with Gasteiger partial charge in [-0.05, 0) is 42.2 Å². The van der Waals surface area contributed by atoms with Crippen LogP contribution in [0, 0.1) is 0 Å². The van der Waals surface area contributed by atoms with Crippen molar-refractivity contribution in [2.75, 3.05) is 25.6 Å². The number of benzene rings is 2. The SMILES string of the molecule is COc1c(-c2ccc(-c3ccc(NCCCCO)cc3)cc2)nc2ccncc2c1C(=O)NO. The van der Waals surface area contributed by atoms with Crippen molar-refractivity contribution in [3.63, 3.8) is 0 Å². The number of carbonyl (C=O) groups is 1. The molecule has 0 saturated carbocycles. The van der Waals surface area contributed by atoms with Gasteiger partial charge in [0.1, 0.15) is 5.69 Å². The van der Waals surface area contributed by atoms with Gasteiger partial charge in [-0.25, -0.2) is 10.5 Å². The number of ether oxygens (including phenoxy) is 1. The summed E-state index contributed by atoms with van der Waals surface area (Å²) in [6, 6.07) is 17.7. The standard InChI is InChI=1S/C26H26N4O4/c1-34-25-23(26(32)30-33)21-16-27-14-12-22(21)29-24(25)19-6-4-17(5-7-19)18-8-10-20(11-9-18)28-13-2-3-15-31/h4-12,14,16,28,31,33H,2-3,13,15H2,1H3,(H,30,32). The number of carbonyl (C=O) groups excluding carboxylic acids is 1. The molecule has 0 unspecified atom stereocenters. The van der Waals surface area contributed by atoms with Crippen molar-refractivity contribution >= 4 is 22.5 Å². The van der Waals surface area contributed by atoms with E-state index >= 15 is 0 Å². The smallest absolute Gasteiger partial charge is 0.279 e. The van der Waals surface area contributed by atoms with Crippen molar-refractivity contribution in [2.24, 2.45) is 0 Å². The van der Waals surface area contributed by atoms with Gasteiger partial charge in [-0.1, -0.05) is 36.4 Å². The molecule has 0 radical (unpaired) electrons. The first-order valence-corrected chi connectivity index (χ1v) is 11.0. The Balaban J connectivity index is 1.64. The van der Waals surface area contributed by atoms with E-state index in [2.05, 4.69) is 22.4 Å². The highest BCUT2D eigenvalue weighted by Gasteiger charge is 2.22. The van der Waals surface area contributed by atoms with Gasteiger partial charge in [0.25, 0.3) is 5.91 Å². The van der Waals surface area contributed by atoms with Gasteiger partial charge in [0, 0.05) is 42.2 Å². The van der Waals surface area contributed by atoms with Crippen molar-refractivity contribution in [2.45, 2.75) is 12.8 Å². The number of aliphatic hydroxyl groups is 1. The van der Waals surface area contributed by atoms with Crippen molar-refractivity contribution in [3.05, 3.63) is 72.6 Å². The van der Waals surface area contributed by atoms with Crippen LogP contribution in [0.5, 0.6) is 5.75 Å². The van der Waals surface area contributed by atoms with Crippen LogP contribution in [0.2, 0.25) is 0 Å². The number of pyridine rings is 2. The summed E-state index contributed by atoms with van der Waals surface area (Å²) in [5.74, 6) is -0.434. The zero-order valence-corrected chi connectivity index (χ0v) is 18.8. The quantitative estimate of drug-likeness (QED) is 0.168. The molecule has 4 rings (SSSR count).